The van der Waals surface area contributed by atoms with Crippen molar-refractivity contribution in [1.82, 2.24) is 9.55 Å². The van der Waals surface area contributed by atoms with E-state index in [1.54, 1.807) is 7.05 Å². The fourth-order valence-electron chi connectivity index (χ4n) is 3.03. The lowest BCUT2D eigenvalue weighted by Gasteiger charge is -2.26. The van der Waals surface area contributed by atoms with E-state index in [0.717, 1.165) is 18.3 Å². The standard InChI is InChI=1S/C14H24N4O2/c1-9-4-3-5-10(8-9)6-7-16-11-12(15)18(2)14(20)17-13(11)19/h9-10,16H,3-8,15H2,1-2H3,(H,17,19,20). The van der Waals surface area contributed by atoms with Crippen LogP contribution in [-0.4, -0.2) is 16.1 Å². The average Bonchev–Trinajstić information content (AvgIpc) is 2.40. The first kappa shape index (κ1) is 14.7. The summed E-state index contributed by atoms with van der Waals surface area (Å²) in [6.45, 7) is 3.01. The predicted octanol–water partition coefficient (Wildman–Crippen LogP) is 1.28. The topological polar surface area (TPSA) is 92.9 Å². The molecular formula is C14H24N4O2. The second-order valence-electron chi connectivity index (χ2n) is 5.93. The third-order valence-corrected chi connectivity index (χ3v) is 4.27. The highest BCUT2D eigenvalue weighted by atomic mass is 16.2. The SMILES string of the molecule is CC1CCCC(CCNc2c(N)n(C)c(=O)[nH]c2=O)C1. The van der Waals surface area contributed by atoms with Crippen molar-refractivity contribution in [3.05, 3.63) is 20.8 Å². The highest BCUT2D eigenvalue weighted by molar-refractivity contribution is 5.60. The van der Waals surface area contributed by atoms with Crippen molar-refractivity contribution in [3.63, 3.8) is 0 Å². The second-order valence-corrected chi connectivity index (χ2v) is 5.93. The molecule has 0 saturated heterocycles. The minimum absolute atomic E-state index is 0.191. The van der Waals surface area contributed by atoms with Gasteiger partial charge in [0.25, 0.3) is 5.56 Å². The molecular weight excluding hydrogens is 256 g/mol. The molecule has 1 aromatic heterocycles. The van der Waals surface area contributed by atoms with Crippen molar-refractivity contribution in [2.24, 2.45) is 18.9 Å². The summed E-state index contributed by atoms with van der Waals surface area (Å²) < 4.78 is 1.24. The van der Waals surface area contributed by atoms with Gasteiger partial charge in [0.1, 0.15) is 11.5 Å². The van der Waals surface area contributed by atoms with Crippen LogP contribution in [0.1, 0.15) is 39.0 Å². The van der Waals surface area contributed by atoms with Gasteiger partial charge in [-0.15, -0.1) is 0 Å². The van der Waals surface area contributed by atoms with Crippen LogP contribution in [0, 0.1) is 11.8 Å². The number of anilines is 2. The van der Waals surface area contributed by atoms with Gasteiger partial charge in [0, 0.05) is 13.6 Å². The molecule has 1 saturated carbocycles. The molecule has 0 radical (unpaired) electrons. The quantitative estimate of drug-likeness (QED) is 0.774. The third-order valence-electron chi connectivity index (χ3n) is 4.27. The third kappa shape index (κ3) is 3.23. The van der Waals surface area contributed by atoms with Gasteiger partial charge in [0.15, 0.2) is 0 Å². The van der Waals surface area contributed by atoms with E-state index in [1.165, 1.54) is 30.3 Å². The van der Waals surface area contributed by atoms with Gasteiger partial charge >= 0.3 is 5.69 Å². The number of aromatic amines is 1. The van der Waals surface area contributed by atoms with Crippen LogP contribution in [0.4, 0.5) is 11.5 Å². The zero-order valence-corrected chi connectivity index (χ0v) is 12.2. The van der Waals surface area contributed by atoms with Crippen LogP contribution in [-0.2, 0) is 7.05 Å². The molecule has 1 aliphatic rings. The Labute approximate surface area is 118 Å². The number of nitrogens with one attached hydrogen (secondary N) is 2. The Morgan fingerprint density at radius 2 is 2.15 bits per heavy atom. The first-order chi connectivity index (χ1) is 9.49. The van der Waals surface area contributed by atoms with E-state index in [1.807, 2.05) is 0 Å². The number of H-pyrrole nitrogens is 1. The van der Waals surface area contributed by atoms with Crippen molar-refractivity contribution in [3.8, 4) is 0 Å². The number of rotatable bonds is 4. The minimum atomic E-state index is -0.487. The molecule has 20 heavy (non-hydrogen) atoms. The van der Waals surface area contributed by atoms with Crippen molar-refractivity contribution >= 4 is 11.5 Å². The van der Waals surface area contributed by atoms with Crippen LogP contribution in [0.15, 0.2) is 9.59 Å². The second kappa shape index (κ2) is 6.15. The summed E-state index contributed by atoms with van der Waals surface area (Å²) >= 11 is 0. The molecule has 112 valence electrons. The maximum atomic E-state index is 11.7. The number of nitrogen functional groups attached to an aromatic ring is 1. The van der Waals surface area contributed by atoms with Crippen LogP contribution < -0.4 is 22.3 Å². The monoisotopic (exact) mass is 280 g/mol. The van der Waals surface area contributed by atoms with Crippen LogP contribution in [0.25, 0.3) is 0 Å². The van der Waals surface area contributed by atoms with Crippen LogP contribution in [0.3, 0.4) is 0 Å². The molecule has 6 heteroatoms. The Balaban J connectivity index is 1.96. The molecule has 0 amide bonds. The zero-order chi connectivity index (χ0) is 14.7. The van der Waals surface area contributed by atoms with E-state index in [9.17, 15) is 9.59 Å². The molecule has 0 aromatic carbocycles. The number of hydrogen-bond donors (Lipinski definition) is 3. The minimum Gasteiger partial charge on any atom is -0.383 e. The smallest absolute Gasteiger partial charge is 0.329 e. The van der Waals surface area contributed by atoms with Crippen molar-refractivity contribution in [2.45, 2.75) is 39.0 Å². The number of nitrogens with zero attached hydrogens (tertiary/aromatic N) is 1. The fourth-order valence-corrected chi connectivity index (χ4v) is 3.03. The summed E-state index contributed by atoms with van der Waals surface area (Å²) in [4.78, 5) is 25.4. The number of hydrogen-bond acceptors (Lipinski definition) is 4. The molecule has 0 aliphatic heterocycles. The fraction of sp³-hybridized carbons (Fsp3) is 0.714. The van der Waals surface area contributed by atoms with E-state index >= 15 is 0 Å². The molecule has 2 rings (SSSR count). The van der Waals surface area contributed by atoms with Gasteiger partial charge < -0.3 is 11.1 Å². The van der Waals surface area contributed by atoms with Crippen LogP contribution in [0.2, 0.25) is 0 Å². The van der Waals surface area contributed by atoms with E-state index in [4.69, 9.17) is 5.73 Å². The first-order valence-corrected chi connectivity index (χ1v) is 7.31. The lowest BCUT2D eigenvalue weighted by Crippen LogP contribution is -2.32. The van der Waals surface area contributed by atoms with Gasteiger partial charge in [-0.05, 0) is 24.7 Å². The molecule has 4 N–H and O–H groups in total. The van der Waals surface area contributed by atoms with Gasteiger partial charge in [-0.2, -0.15) is 0 Å². The molecule has 1 fully saturated rings. The Morgan fingerprint density at radius 3 is 2.85 bits per heavy atom. The van der Waals surface area contributed by atoms with Crippen LogP contribution in [0.5, 0.6) is 0 Å². The van der Waals surface area contributed by atoms with E-state index in [0.29, 0.717) is 12.2 Å². The largest absolute Gasteiger partial charge is 0.383 e. The molecule has 0 bridgehead atoms. The van der Waals surface area contributed by atoms with E-state index < -0.39 is 11.2 Å². The van der Waals surface area contributed by atoms with E-state index in [2.05, 4.69) is 17.2 Å². The molecule has 1 heterocycles. The Bertz CT molecular complexity index is 576. The normalized spacial score (nSPS) is 22.7. The van der Waals surface area contributed by atoms with Crippen molar-refractivity contribution in [2.75, 3.05) is 17.6 Å². The summed E-state index contributed by atoms with van der Waals surface area (Å²) in [6.07, 6.45) is 6.20. The molecule has 6 nitrogen and oxygen atoms in total. The maximum Gasteiger partial charge on any atom is 0.329 e. The Hall–Kier alpha value is -1.72. The summed E-state index contributed by atoms with van der Waals surface area (Å²) in [6, 6.07) is 0. The number of nitrogens with two attached hydrogens (primary N) is 1. The Morgan fingerprint density at radius 1 is 1.40 bits per heavy atom. The highest BCUT2D eigenvalue weighted by Gasteiger charge is 2.18. The predicted molar refractivity (Wildman–Crippen MR) is 80.9 cm³/mol. The Kier molecular flexibility index (Phi) is 4.52. The van der Waals surface area contributed by atoms with Gasteiger partial charge in [-0.3, -0.25) is 14.3 Å². The lowest BCUT2D eigenvalue weighted by molar-refractivity contribution is 0.274. The summed E-state index contributed by atoms with van der Waals surface area (Å²) in [7, 11) is 1.54. The molecule has 2 unspecified atom stereocenters. The molecule has 2 atom stereocenters. The van der Waals surface area contributed by atoms with Gasteiger partial charge in [-0.25, -0.2) is 4.79 Å². The summed E-state index contributed by atoms with van der Waals surface area (Å²) in [5.41, 5.74) is 5.18. The van der Waals surface area contributed by atoms with Crippen molar-refractivity contribution in [1.29, 1.82) is 0 Å². The number of aromatic nitrogens is 2. The van der Waals surface area contributed by atoms with Gasteiger partial charge in [0.05, 0.1) is 0 Å². The average molecular weight is 280 g/mol. The summed E-state index contributed by atoms with van der Waals surface area (Å²) in [5.74, 6) is 1.72. The molecule has 1 aliphatic carbocycles. The van der Waals surface area contributed by atoms with E-state index in [-0.39, 0.29) is 5.82 Å². The summed E-state index contributed by atoms with van der Waals surface area (Å²) in [5, 5.41) is 3.08. The highest BCUT2D eigenvalue weighted by Crippen LogP contribution is 2.30. The zero-order valence-electron chi connectivity index (χ0n) is 12.2. The van der Waals surface area contributed by atoms with Crippen molar-refractivity contribution < 1.29 is 0 Å². The lowest BCUT2D eigenvalue weighted by atomic mass is 9.81. The first-order valence-electron chi connectivity index (χ1n) is 7.31. The maximum absolute atomic E-state index is 11.7. The molecule has 1 aromatic rings. The van der Waals surface area contributed by atoms with Crippen LogP contribution >= 0.6 is 0 Å². The van der Waals surface area contributed by atoms with Gasteiger partial charge in [-0.1, -0.05) is 26.2 Å². The molecule has 0 spiro atoms. The van der Waals surface area contributed by atoms with Gasteiger partial charge in [0.2, 0.25) is 0 Å².